The first kappa shape index (κ1) is 20.8. The van der Waals surface area contributed by atoms with Gasteiger partial charge in [-0.2, -0.15) is 5.10 Å². The molecule has 6 nitrogen and oxygen atoms in total. The molecule has 0 saturated heterocycles. The van der Waals surface area contributed by atoms with Crippen molar-refractivity contribution in [2.75, 3.05) is 13.7 Å². The summed E-state index contributed by atoms with van der Waals surface area (Å²) in [5.74, 6) is -0.461. The Morgan fingerprint density at radius 1 is 1.23 bits per heavy atom. The molecule has 2 heterocycles. The van der Waals surface area contributed by atoms with Gasteiger partial charge < -0.3 is 10.1 Å². The Kier molecular flexibility index (Phi) is 6.11. The number of fused-ring (bicyclic) bond motifs is 1. The van der Waals surface area contributed by atoms with Crippen molar-refractivity contribution in [3.05, 3.63) is 82.7 Å². The third-order valence-corrected chi connectivity index (χ3v) is 5.62. The maximum atomic E-state index is 13.9. The Hall–Kier alpha value is -3.48. The molecule has 4 rings (SSSR count). The Morgan fingerprint density at radius 3 is 2.71 bits per heavy atom. The molecule has 1 aliphatic heterocycles. The lowest BCUT2D eigenvalue weighted by molar-refractivity contribution is 0.0955. The highest BCUT2D eigenvalue weighted by atomic mass is 19.1. The van der Waals surface area contributed by atoms with Crippen molar-refractivity contribution >= 4 is 11.7 Å². The van der Waals surface area contributed by atoms with Gasteiger partial charge in [0.1, 0.15) is 18.5 Å². The zero-order chi connectivity index (χ0) is 21.8. The number of amides is 1. The minimum atomic E-state index is -0.743. The van der Waals surface area contributed by atoms with Crippen molar-refractivity contribution in [2.24, 2.45) is 0 Å². The number of H-pyrrole nitrogens is 1. The van der Waals surface area contributed by atoms with Gasteiger partial charge in [-0.25, -0.2) is 4.39 Å². The van der Waals surface area contributed by atoms with Gasteiger partial charge in [0.2, 0.25) is 0 Å². The highest BCUT2D eigenvalue weighted by Crippen LogP contribution is 2.45. The van der Waals surface area contributed by atoms with E-state index >= 15 is 0 Å². The van der Waals surface area contributed by atoms with E-state index in [0.29, 0.717) is 29.7 Å². The van der Waals surface area contributed by atoms with Gasteiger partial charge in [0.25, 0.3) is 5.91 Å². The number of Topliss-reactive ketones (excluding diaryl/α,β-unsaturated/α-hetero) is 1. The summed E-state index contributed by atoms with van der Waals surface area (Å²) in [6.45, 7) is -0.699. The Bertz CT molecular complexity index is 1070. The molecule has 0 aliphatic carbocycles. The van der Waals surface area contributed by atoms with E-state index in [4.69, 9.17) is 4.74 Å². The van der Waals surface area contributed by atoms with Crippen molar-refractivity contribution in [3.8, 4) is 5.75 Å². The number of halogens is 1. The minimum absolute atomic E-state index is 0.0630. The van der Waals surface area contributed by atoms with Crippen LogP contribution in [0.5, 0.6) is 5.75 Å². The normalized spacial score (nSPS) is 17.1. The molecule has 2 atom stereocenters. The molecule has 1 aliphatic rings. The van der Waals surface area contributed by atoms with E-state index in [1.165, 1.54) is 7.05 Å². The molecule has 2 N–H and O–H groups in total. The Morgan fingerprint density at radius 2 is 2.03 bits per heavy atom. The molecular formula is C24H24FN3O3. The average Bonchev–Trinajstić information content (AvgIpc) is 3.45. The molecule has 0 bridgehead atoms. The van der Waals surface area contributed by atoms with Crippen molar-refractivity contribution in [1.82, 2.24) is 15.5 Å². The number of aryl methyl sites for hydroxylation is 1. The number of ether oxygens (including phenoxy) is 1. The van der Waals surface area contributed by atoms with Crippen molar-refractivity contribution in [2.45, 2.75) is 31.3 Å². The molecule has 3 aromatic rings. The highest BCUT2D eigenvalue weighted by Gasteiger charge is 2.39. The summed E-state index contributed by atoms with van der Waals surface area (Å²) in [4.78, 5) is 25.5. The molecule has 2 aromatic carbocycles. The second-order valence-corrected chi connectivity index (χ2v) is 7.60. The van der Waals surface area contributed by atoms with Gasteiger partial charge in [0.15, 0.2) is 5.78 Å². The van der Waals surface area contributed by atoms with Crippen LogP contribution in [0.15, 0.2) is 54.9 Å². The fourth-order valence-corrected chi connectivity index (χ4v) is 4.08. The van der Waals surface area contributed by atoms with Crippen molar-refractivity contribution in [1.29, 1.82) is 0 Å². The summed E-state index contributed by atoms with van der Waals surface area (Å²) in [5, 5.41) is 9.26. The average molecular weight is 421 g/mol. The first-order valence-electron chi connectivity index (χ1n) is 10.3. The number of nitrogens with one attached hydrogen (secondary N) is 2. The number of nitrogens with zero attached hydrogens (tertiary/aromatic N) is 1. The number of hydrogen-bond donors (Lipinski definition) is 2. The van der Waals surface area contributed by atoms with Crippen LogP contribution in [-0.4, -0.2) is 41.7 Å². The van der Waals surface area contributed by atoms with Gasteiger partial charge in [-0.15, -0.1) is 0 Å². The van der Waals surface area contributed by atoms with Crippen LogP contribution >= 0.6 is 0 Å². The van der Waals surface area contributed by atoms with Gasteiger partial charge in [0, 0.05) is 30.8 Å². The van der Waals surface area contributed by atoms with Crippen LogP contribution in [-0.2, 0) is 6.42 Å². The van der Waals surface area contributed by atoms with E-state index in [2.05, 4.69) is 15.5 Å². The fourth-order valence-electron chi connectivity index (χ4n) is 4.08. The molecule has 7 heteroatoms. The lowest BCUT2D eigenvalue weighted by Gasteiger charge is -2.16. The zero-order valence-electron chi connectivity index (χ0n) is 17.2. The van der Waals surface area contributed by atoms with E-state index in [0.717, 1.165) is 17.5 Å². The number of hydrogen-bond acceptors (Lipinski definition) is 4. The molecule has 0 saturated carbocycles. The number of rotatable bonds is 8. The van der Waals surface area contributed by atoms with Gasteiger partial charge in [0.05, 0.1) is 17.7 Å². The van der Waals surface area contributed by atoms with E-state index in [-0.39, 0.29) is 23.2 Å². The number of benzene rings is 2. The largest absolute Gasteiger partial charge is 0.486 e. The first-order valence-corrected chi connectivity index (χ1v) is 10.3. The predicted molar refractivity (Wildman–Crippen MR) is 114 cm³/mol. The second kappa shape index (κ2) is 9.12. The van der Waals surface area contributed by atoms with Crippen LogP contribution in [0.1, 0.15) is 56.2 Å². The number of carbonyl (C=O) groups is 2. The number of carbonyl (C=O) groups excluding carboxylic acids is 2. The third-order valence-electron chi connectivity index (χ3n) is 5.62. The lowest BCUT2D eigenvalue weighted by Crippen LogP contribution is -2.22. The fraction of sp³-hybridized carbons (Fsp3) is 0.292. The zero-order valence-corrected chi connectivity index (χ0v) is 17.2. The van der Waals surface area contributed by atoms with Crippen LogP contribution in [0.25, 0.3) is 0 Å². The van der Waals surface area contributed by atoms with E-state index in [9.17, 15) is 14.0 Å². The summed E-state index contributed by atoms with van der Waals surface area (Å²) in [7, 11) is 1.52. The summed E-state index contributed by atoms with van der Waals surface area (Å²) in [6, 6.07) is 12.8. The molecule has 0 unspecified atom stereocenters. The molecule has 1 aromatic heterocycles. The number of aromatic amines is 1. The summed E-state index contributed by atoms with van der Waals surface area (Å²) in [5.41, 5.74) is 3.30. The van der Waals surface area contributed by atoms with E-state index in [1.807, 2.05) is 36.5 Å². The summed E-state index contributed by atoms with van der Waals surface area (Å²) < 4.78 is 19.8. The van der Waals surface area contributed by atoms with Crippen LogP contribution in [0, 0.1) is 0 Å². The quantitative estimate of drug-likeness (QED) is 0.542. The summed E-state index contributed by atoms with van der Waals surface area (Å²) in [6.07, 6.45) is 4.53. The maximum absolute atomic E-state index is 13.9. The van der Waals surface area contributed by atoms with Crippen LogP contribution < -0.4 is 10.1 Å². The number of alkyl halides is 1. The Labute approximate surface area is 179 Å². The molecule has 1 amide bonds. The van der Waals surface area contributed by atoms with Gasteiger partial charge in [-0.3, -0.25) is 14.7 Å². The monoisotopic (exact) mass is 421 g/mol. The van der Waals surface area contributed by atoms with E-state index in [1.54, 1.807) is 18.3 Å². The van der Waals surface area contributed by atoms with Gasteiger partial charge >= 0.3 is 0 Å². The van der Waals surface area contributed by atoms with Crippen molar-refractivity contribution < 1.29 is 18.7 Å². The number of aromatic nitrogens is 2. The predicted octanol–water partition coefficient (Wildman–Crippen LogP) is 3.84. The first-order chi connectivity index (χ1) is 15.1. The number of ketones is 1. The molecule has 160 valence electrons. The molecule has 0 fully saturated rings. The van der Waals surface area contributed by atoms with Crippen molar-refractivity contribution in [3.63, 3.8) is 0 Å². The van der Waals surface area contributed by atoms with Gasteiger partial charge in [-0.1, -0.05) is 30.3 Å². The van der Waals surface area contributed by atoms with E-state index < -0.39 is 12.8 Å². The molecule has 0 radical (unpaired) electrons. The van der Waals surface area contributed by atoms with Crippen LogP contribution in [0.3, 0.4) is 0 Å². The highest BCUT2D eigenvalue weighted by molar-refractivity contribution is 6.03. The van der Waals surface area contributed by atoms with Crippen LogP contribution in [0.4, 0.5) is 4.39 Å². The maximum Gasteiger partial charge on any atom is 0.254 e. The lowest BCUT2D eigenvalue weighted by atomic mass is 9.86. The Balaban J connectivity index is 1.68. The third kappa shape index (κ3) is 4.21. The molecule has 0 spiro atoms. The van der Waals surface area contributed by atoms with Gasteiger partial charge in [-0.05, 0) is 36.1 Å². The topological polar surface area (TPSA) is 84.1 Å². The second-order valence-electron chi connectivity index (χ2n) is 7.60. The summed E-state index contributed by atoms with van der Waals surface area (Å²) >= 11 is 0. The van der Waals surface area contributed by atoms with Crippen LogP contribution in [0.2, 0.25) is 0 Å². The SMILES string of the molecule is CNC(=O)c1cc(C(=O)CCCc2cn[nH]c2)cc2c1O[C@H](CF)[C@H]2c1ccccc1. The smallest absolute Gasteiger partial charge is 0.254 e. The minimum Gasteiger partial charge on any atom is -0.486 e. The molecule has 31 heavy (non-hydrogen) atoms. The standard InChI is InChI=1S/C24H24FN3O3/c1-26-24(30)19-11-17(20(29)9-5-6-15-13-27-28-14-15)10-18-22(16-7-3-2-4-8-16)21(12-25)31-23(18)19/h2-4,7-8,10-11,13-14,21-22H,5-6,9,12H2,1H3,(H,26,30)(H,27,28)/t21-,22+/m1/s1. The molecular weight excluding hydrogens is 397 g/mol.